The third kappa shape index (κ3) is 6.17. The van der Waals surface area contributed by atoms with Gasteiger partial charge in [-0.25, -0.2) is 8.42 Å². The van der Waals surface area contributed by atoms with Crippen LogP contribution >= 0.6 is 0 Å². The van der Waals surface area contributed by atoms with Crippen LogP contribution in [0.15, 0.2) is 47.4 Å². The molecule has 4 rings (SSSR count). The molecule has 0 radical (unpaired) electrons. The van der Waals surface area contributed by atoms with E-state index in [1.165, 1.54) is 0 Å². The molecular formula is C26H32N2O5S. The average Bonchev–Trinajstić information content (AvgIpc) is 3.01. The molecule has 1 fully saturated rings. The van der Waals surface area contributed by atoms with Crippen molar-refractivity contribution in [2.75, 3.05) is 11.1 Å². The fourth-order valence-electron chi connectivity index (χ4n) is 4.90. The van der Waals surface area contributed by atoms with E-state index in [0.717, 1.165) is 36.8 Å². The summed E-state index contributed by atoms with van der Waals surface area (Å²) in [6.45, 7) is 0.385. The summed E-state index contributed by atoms with van der Waals surface area (Å²) in [6.07, 6.45) is 5.65. The first-order valence-electron chi connectivity index (χ1n) is 12.0. The molecule has 7 nitrogen and oxygen atoms in total. The Kier molecular flexibility index (Phi) is 7.56. The maximum atomic E-state index is 13.0. The Balaban J connectivity index is 1.25. The van der Waals surface area contributed by atoms with Gasteiger partial charge in [0.2, 0.25) is 11.8 Å². The molecule has 1 heterocycles. The van der Waals surface area contributed by atoms with Gasteiger partial charge in [0.1, 0.15) is 5.75 Å². The minimum atomic E-state index is -3.40. The smallest absolute Gasteiger partial charge is 0.224 e. The summed E-state index contributed by atoms with van der Waals surface area (Å²) in [5.74, 6) is 0.510. The van der Waals surface area contributed by atoms with Crippen LogP contribution in [0.2, 0.25) is 0 Å². The number of phenols is 1. The number of anilines is 1. The average molecular weight is 485 g/mol. The zero-order valence-corrected chi connectivity index (χ0v) is 20.1. The van der Waals surface area contributed by atoms with Gasteiger partial charge < -0.3 is 15.7 Å². The van der Waals surface area contributed by atoms with Crippen LogP contribution in [0.5, 0.6) is 5.75 Å². The highest BCUT2D eigenvalue weighted by atomic mass is 32.2. The number of rotatable bonds is 7. The van der Waals surface area contributed by atoms with Crippen LogP contribution in [0.4, 0.5) is 5.69 Å². The molecule has 1 aliphatic carbocycles. The number of aryl methyl sites for hydroxylation is 1. The molecule has 1 aliphatic heterocycles. The van der Waals surface area contributed by atoms with Crippen molar-refractivity contribution in [1.82, 2.24) is 5.32 Å². The van der Waals surface area contributed by atoms with Crippen LogP contribution in [0, 0.1) is 11.8 Å². The molecule has 1 saturated carbocycles. The summed E-state index contributed by atoms with van der Waals surface area (Å²) in [6, 6.07) is 11.8. The minimum Gasteiger partial charge on any atom is -0.508 e. The van der Waals surface area contributed by atoms with Crippen LogP contribution in [0.1, 0.15) is 56.1 Å². The van der Waals surface area contributed by atoms with Crippen molar-refractivity contribution in [3.8, 4) is 5.75 Å². The van der Waals surface area contributed by atoms with Gasteiger partial charge in [-0.2, -0.15) is 0 Å². The summed E-state index contributed by atoms with van der Waals surface area (Å²) >= 11 is 0. The van der Waals surface area contributed by atoms with Crippen molar-refractivity contribution in [2.24, 2.45) is 11.8 Å². The van der Waals surface area contributed by atoms with E-state index in [1.54, 1.807) is 36.4 Å². The van der Waals surface area contributed by atoms with E-state index in [9.17, 15) is 23.1 Å². The Morgan fingerprint density at radius 2 is 1.85 bits per heavy atom. The SMILES string of the molecule is O=C1CCCc2cc(S(=O)(=O)CCC3CCC(C(=O)NCc4cccc(O)c4)CC3)ccc2N1. The standard InChI is InChI=1S/C26H32N2O5S/c29-22-5-1-3-19(15-22)17-27-26(31)20-9-7-18(8-10-20)13-14-34(32,33)23-11-12-24-21(16-23)4-2-6-25(30)28-24/h1,3,5,11-12,15-16,18,20,29H,2,4,6-10,13-14,17H2,(H,27,31)(H,28,30). The predicted octanol–water partition coefficient (Wildman–Crippen LogP) is 3.95. The maximum absolute atomic E-state index is 13.0. The van der Waals surface area contributed by atoms with E-state index >= 15 is 0 Å². The first-order chi connectivity index (χ1) is 16.3. The molecule has 34 heavy (non-hydrogen) atoms. The minimum absolute atomic E-state index is 0.0199. The van der Waals surface area contributed by atoms with Gasteiger partial charge in [-0.3, -0.25) is 9.59 Å². The van der Waals surface area contributed by atoms with E-state index in [4.69, 9.17) is 0 Å². The normalized spacial score (nSPS) is 20.6. The molecule has 0 bridgehead atoms. The molecule has 0 saturated heterocycles. The van der Waals surface area contributed by atoms with Gasteiger partial charge in [-0.15, -0.1) is 0 Å². The molecule has 2 amide bonds. The molecule has 2 aromatic carbocycles. The van der Waals surface area contributed by atoms with E-state index in [0.29, 0.717) is 48.7 Å². The number of hydrogen-bond donors (Lipinski definition) is 3. The first kappa shape index (κ1) is 24.3. The number of amides is 2. The van der Waals surface area contributed by atoms with Gasteiger partial charge in [-0.1, -0.05) is 12.1 Å². The number of hydrogen-bond acceptors (Lipinski definition) is 5. The lowest BCUT2D eigenvalue weighted by atomic mass is 9.80. The van der Waals surface area contributed by atoms with Gasteiger partial charge >= 0.3 is 0 Å². The molecule has 2 aliphatic rings. The van der Waals surface area contributed by atoms with Gasteiger partial charge in [0.05, 0.1) is 10.6 Å². The fourth-order valence-corrected chi connectivity index (χ4v) is 6.37. The molecule has 0 spiro atoms. The highest BCUT2D eigenvalue weighted by molar-refractivity contribution is 7.91. The monoisotopic (exact) mass is 484 g/mol. The van der Waals surface area contributed by atoms with Crippen molar-refractivity contribution >= 4 is 27.3 Å². The lowest BCUT2D eigenvalue weighted by molar-refractivity contribution is -0.126. The Morgan fingerprint density at radius 3 is 2.62 bits per heavy atom. The predicted molar refractivity (Wildman–Crippen MR) is 130 cm³/mol. The molecule has 0 aromatic heterocycles. The number of carbonyl (C=O) groups excluding carboxylic acids is 2. The Bertz CT molecular complexity index is 1150. The molecule has 8 heteroatoms. The summed E-state index contributed by atoms with van der Waals surface area (Å²) in [4.78, 5) is 24.6. The lowest BCUT2D eigenvalue weighted by Gasteiger charge is -2.27. The fraction of sp³-hybridized carbons (Fsp3) is 0.462. The van der Waals surface area contributed by atoms with Crippen LogP contribution in [-0.4, -0.2) is 31.1 Å². The molecule has 0 atom stereocenters. The van der Waals surface area contributed by atoms with Crippen LogP contribution in [0.3, 0.4) is 0 Å². The third-order valence-corrected chi connectivity index (χ3v) is 8.69. The molecular weight excluding hydrogens is 452 g/mol. The van der Waals surface area contributed by atoms with Gasteiger partial charge in [-0.05, 0) is 92.3 Å². The largest absolute Gasteiger partial charge is 0.508 e. The molecule has 3 N–H and O–H groups in total. The number of benzene rings is 2. The van der Waals surface area contributed by atoms with Crippen molar-refractivity contribution < 1.29 is 23.1 Å². The zero-order chi connectivity index (χ0) is 24.1. The van der Waals surface area contributed by atoms with Crippen molar-refractivity contribution in [1.29, 1.82) is 0 Å². The second kappa shape index (κ2) is 10.6. The quantitative estimate of drug-likeness (QED) is 0.551. The number of nitrogens with one attached hydrogen (secondary N) is 2. The zero-order valence-electron chi connectivity index (χ0n) is 19.3. The second-order valence-electron chi connectivity index (χ2n) is 9.43. The lowest BCUT2D eigenvalue weighted by Crippen LogP contribution is -2.33. The summed E-state index contributed by atoms with van der Waals surface area (Å²) in [5, 5.41) is 15.3. The van der Waals surface area contributed by atoms with Crippen molar-refractivity contribution in [3.05, 3.63) is 53.6 Å². The Hall–Kier alpha value is -2.87. The van der Waals surface area contributed by atoms with Crippen molar-refractivity contribution in [2.45, 2.75) is 62.8 Å². The number of fused-ring (bicyclic) bond motifs is 1. The van der Waals surface area contributed by atoms with Gasteiger partial charge in [0.15, 0.2) is 9.84 Å². The Labute approximate surface area is 200 Å². The highest BCUT2D eigenvalue weighted by Crippen LogP contribution is 2.32. The van der Waals surface area contributed by atoms with Crippen LogP contribution < -0.4 is 10.6 Å². The number of carbonyl (C=O) groups is 2. The summed E-state index contributed by atoms with van der Waals surface area (Å²) in [7, 11) is -3.40. The molecule has 182 valence electrons. The topological polar surface area (TPSA) is 113 Å². The third-order valence-electron chi connectivity index (χ3n) is 6.95. The number of sulfone groups is 1. The number of aromatic hydroxyl groups is 1. The number of phenolic OH excluding ortho intramolecular Hbond substituents is 1. The van der Waals surface area contributed by atoms with E-state index in [2.05, 4.69) is 10.6 Å². The first-order valence-corrected chi connectivity index (χ1v) is 13.7. The van der Waals surface area contributed by atoms with E-state index in [1.807, 2.05) is 6.07 Å². The summed E-state index contributed by atoms with van der Waals surface area (Å²) < 4.78 is 25.9. The van der Waals surface area contributed by atoms with Crippen molar-refractivity contribution in [3.63, 3.8) is 0 Å². The van der Waals surface area contributed by atoms with E-state index in [-0.39, 0.29) is 29.2 Å². The maximum Gasteiger partial charge on any atom is 0.224 e. The van der Waals surface area contributed by atoms with Gasteiger partial charge in [0, 0.05) is 24.6 Å². The van der Waals surface area contributed by atoms with E-state index < -0.39 is 9.84 Å². The van der Waals surface area contributed by atoms with Crippen LogP contribution in [-0.2, 0) is 32.4 Å². The Morgan fingerprint density at radius 1 is 1.06 bits per heavy atom. The van der Waals surface area contributed by atoms with Crippen LogP contribution in [0.25, 0.3) is 0 Å². The second-order valence-corrected chi connectivity index (χ2v) is 11.5. The molecule has 0 unspecified atom stereocenters. The van der Waals surface area contributed by atoms with Gasteiger partial charge in [0.25, 0.3) is 0 Å². The highest BCUT2D eigenvalue weighted by Gasteiger charge is 2.28. The summed E-state index contributed by atoms with van der Waals surface area (Å²) in [5.41, 5.74) is 2.44. The molecule has 2 aromatic rings.